The Kier molecular flexibility index (Phi) is 4.77. The molecule has 7 heteroatoms. The quantitative estimate of drug-likeness (QED) is 0.563. The van der Waals surface area contributed by atoms with E-state index in [0.29, 0.717) is 28.6 Å². The summed E-state index contributed by atoms with van der Waals surface area (Å²) in [7, 11) is 0. The molecule has 5 rings (SSSR count). The van der Waals surface area contributed by atoms with Gasteiger partial charge in [-0.3, -0.25) is 14.8 Å². The Balaban J connectivity index is 1.54. The number of carbonyl (C=O) groups excluding carboxylic acids is 1. The molecule has 0 unspecified atom stereocenters. The highest BCUT2D eigenvalue weighted by Crippen LogP contribution is 2.26. The maximum atomic E-state index is 13.2. The first-order chi connectivity index (χ1) is 14.8. The predicted molar refractivity (Wildman–Crippen MR) is 116 cm³/mol. The molecule has 1 aliphatic heterocycles. The molecule has 1 aromatic carbocycles. The van der Waals surface area contributed by atoms with Crippen LogP contribution in [0, 0.1) is 0 Å². The van der Waals surface area contributed by atoms with Crippen molar-refractivity contribution in [2.45, 2.75) is 12.8 Å². The number of carbonyl (C=O) groups is 1. The van der Waals surface area contributed by atoms with Gasteiger partial charge in [0.1, 0.15) is 5.69 Å². The van der Waals surface area contributed by atoms with Crippen molar-refractivity contribution < 1.29 is 4.79 Å². The van der Waals surface area contributed by atoms with Crippen LogP contribution in [0.3, 0.4) is 0 Å². The monoisotopic (exact) mass is 396 g/mol. The van der Waals surface area contributed by atoms with Gasteiger partial charge in [-0.2, -0.15) is 0 Å². The number of nitrogens with zero attached hydrogens (tertiary/aromatic N) is 5. The summed E-state index contributed by atoms with van der Waals surface area (Å²) in [6.45, 7) is 1.85. The minimum Gasteiger partial charge on any atom is -0.341 e. The fourth-order valence-corrected chi connectivity index (χ4v) is 3.71. The van der Waals surface area contributed by atoms with Crippen LogP contribution in [0.5, 0.6) is 0 Å². The number of nitrogens with one attached hydrogen (secondary N) is 1. The lowest BCUT2D eigenvalue weighted by molar-refractivity contribution is 0.102. The molecule has 4 aromatic rings. The number of aromatic nitrogens is 4. The van der Waals surface area contributed by atoms with Gasteiger partial charge in [-0.15, -0.1) is 0 Å². The summed E-state index contributed by atoms with van der Waals surface area (Å²) in [4.78, 5) is 33.4. The van der Waals surface area contributed by atoms with Gasteiger partial charge in [-0.25, -0.2) is 9.97 Å². The first-order valence-electron chi connectivity index (χ1n) is 9.98. The summed E-state index contributed by atoms with van der Waals surface area (Å²) in [6.07, 6.45) is 7.28. The van der Waals surface area contributed by atoms with Crippen molar-refractivity contribution >= 4 is 28.4 Å². The van der Waals surface area contributed by atoms with Crippen molar-refractivity contribution in [1.29, 1.82) is 0 Å². The number of rotatable bonds is 4. The minimum absolute atomic E-state index is 0.278. The molecule has 0 radical (unpaired) electrons. The molecular formula is C23H20N6O. The Labute approximate surface area is 173 Å². The smallest absolute Gasteiger partial charge is 0.259 e. The van der Waals surface area contributed by atoms with E-state index in [4.69, 9.17) is 4.98 Å². The summed E-state index contributed by atoms with van der Waals surface area (Å²) in [5.74, 6) is 0.360. The van der Waals surface area contributed by atoms with Gasteiger partial charge < -0.3 is 10.2 Å². The zero-order valence-electron chi connectivity index (χ0n) is 16.3. The van der Waals surface area contributed by atoms with Crippen molar-refractivity contribution in [3.05, 3.63) is 72.7 Å². The number of anilines is 2. The second-order valence-corrected chi connectivity index (χ2v) is 7.17. The zero-order chi connectivity index (χ0) is 20.3. The normalized spacial score (nSPS) is 13.5. The van der Waals surface area contributed by atoms with Gasteiger partial charge in [-0.1, -0.05) is 12.1 Å². The molecule has 0 aliphatic carbocycles. The lowest BCUT2D eigenvalue weighted by Gasteiger charge is -2.17. The Morgan fingerprint density at radius 2 is 1.77 bits per heavy atom. The average molecular weight is 396 g/mol. The molecule has 1 N–H and O–H groups in total. The van der Waals surface area contributed by atoms with Gasteiger partial charge in [0.2, 0.25) is 5.95 Å². The molecule has 7 nitrogen and oxygen atoms in total. The molecule has 30 heavy (non-hydrogen) atoms. The largest absolute Gasteiger partial charge is 0.341 e. The highest BCUT2D eigenvalue weighted by molar-refractivity contribution is 6.11. The highest BCUT2D eigenvalue weighted by Gasteiger charge is 2.21. The van der Waals surface area contributed by atoms with E-state index in [1.807, 2.05) is 48.5 Å². The Morgan fingerprint density at radius 1 is 0.900 bits per heavy atom. The van der Waals surface area contributed by atoms with E-state index >= 15 is 0 Å². The first-order valence-corrected chi connectivity index (χ1v) is 9.98. The summed E-state index contributed by atoms with van der Waals surface area (Å²) < 4.78 is 0. The van der Waals surface area contributed by atoms with Crippen LogP contribution in [0.15, 0.2) is 67.1 Å². The summed E-state index contributed by atoms with van der Waals surface area (Å²) in [5, 5.41) is 3.88. The number of hydrogen-bond acceptors (Lipinski definition) is 6. The number of pyridine rings is 2. The Morgan fingerprint density at radius 3 is 2.60 bits per heavy atom. The number of benzene rings is 1. The fourth-order valence-electron chi connectivity index (χ4n) is 3.71. The van der Waals surface area contributed by atoms with Crippen molar-refractivity contribution in [1.82, 2.24) is 19.9 Å². The highest BCUT2D eigenvalue weighted by atomic mass is 16.1. The second kappa shape index (κ2) is 7.87. The molecule has 4 heterocycles. The lowest BCUT2D eigenvalue weighted by Crippen LogP contribution is -2.22. The van der Waals surface area contributed by atoms with Crippen LogP contribution in [0.2, 0.25) is 0 Å². The molecule has 1 fully saturated rings. The Bertz CT molecular complexity index is 1200. The van der Waals surface area contributed by atoms with Crippen molar-refractivity contribution in [3.8, 4) is 11.4 Å². The molecule has 3 aromatic heterocycles. The van der Waals surface area contributed by atoms with Crippen LogP contribution >= 0.6 is 0 Å². The van der Waals surface area contributed by atoms with Gasteiger partial charge in [0.25, 0.3) is 5.91 Å². The third-order valence-electron chi connectivity index (χ3n) is 5.21. The molecule has 148 valence electrons. The van der Waals surface area contributed by atoms with Crippen LogP contribution in [0.1, 0.15) is 23.2 Å². The molecule has 1 aliphatic rings. The Hall–Kier alpha value is -3.87. The SMILES string of the molecule is O=C(Nc1cccc2ncccc12)c1cnc(N2CCCC2)nc1-c1ccccn1. The molecular weight excluding hydrogens is 376 g/mol. The molecule has 0 atom stereocenters. The number of amides is 1. The topological polar surface area (TPSA) is 83.9 Å². The van der Waals surface area contributed by atoms with Gasteiger partial charge >= 0.3 is 0 Å². The van der Waals surface area contributed by atoms with Crippen LogP contribution < -0.4 is 10.2 Å². The lowest BCUT2D eigenvalue weighted by atomic mass is 10.1. The van der Waals surface area contributed by atoms with Crippen LogP contribution in [0.4, 0.5) is 11.6 Å². The van der Waals surface area contributed by atoms with Crippen LogP contribution in [-0.2, 0) is 0 Å². The van der Waals surface area contributed by atoms with E-state index in [9.17, 15) is 4.79 Å². The maximum Gasteiger partial charge on any atom is 0.259 e. The molecule has 1 saturated heterocycles. The first kappa shape index (κ1) is 18.2. The van der Waals surface area contributed by atoms with E-state index in [0.717, 1.165) is 36.8 Å². The van der Waals surface area contributed by atoms with E-state index in [1.165, 1.54) is 0 Å². The maximum absolute atomic E-state index is 13.2. The standard InChI is InChI=1S/C23H20N6O/c30-22(27-19-10-5-9-18-16(19)7-6-12-24-18)17-15-26-23(29-13-3-4-14-29)28-21(17)20-8-1-2-11-25-20/h1-2,5-12,15H,3-4,13-14H2,(H,27,30). The van der Waals surface area contributed by atoms with E-state index in [1.54, 1.807) is 18.6 Å². The molecule has 0 saturated carbocycles. The predicted octanol–water partition coefficient (Wildman–Crippen LogP) is 3.94. The number of hydrogen-bond donors (Lipinski definition) is 1. The van der Waals surface area contributed by atoms with Crippen molar-refractivity contribution in [2.75, 3.05) is 23.3 Å². The van der Waals surface area contributed by atoms with Crippen LogP contribution in [-0.4, -0.2) is 38.9 Å². The van der Waals surface area contributed by atoms with Gasteiger partial charge in [0, 0.05) is 37.1 Å². The third-order valence-corrected chi connectivity index (χ3v) is 5.21. The summed E-state index contributed by atoms with van der Waals surface area (Å²) in [6, 6.07) is 15.0. The second-order valence-electron chi connectivity index (χ2n) is 7.17. The average Bonchev–Trinajstić information content (AvgIpc) is 3.35. The summed E-state index contributed by atoms with van der Waals surface area (Å²) in [5.41, 5.74) is 3.08. The number of fused-ring (bicyclic) bond motifs is 1. The minimum atomic E-state index is -0.278. The van der Waals surface area contributed by atoms with E-state index in [-0.39, 0.29) is 5.91 Å². The molecule has 1 amide bonds. The van der Waals surface area contributed by atoms with Crippen molar-refractivity contribution in [2.24, 2.45) is 0 Å². The molecule has 0 spiro atoms. The van der Waals surface area contributed by atoms with E-state index in [2.05, 4.69) is 25.2 Å². The van der Waals surface area contributed by atoms with Crippen molar-refractivity contribution in [3.63, 3.8) is 0 Å². The fraction of sp³-hybridized carbons (Fsp3) is 0.174. The van der Waals surface area contributed by atoms with Gasteiger partial charge in [0.05, 0.1) is 22.5 Å². The summed E-state index contributed by atoms with van der Waals surface area (Å²) >= 11 is 0. The van der Waals surface area contributed by atoms with Gasteiger partial charge in [-0.05, 0) is 49.2 Å². The van der Waals surface area contributed by atoms with E-state index < -0.39 is 0 Å². The van der Waals surface area contributed by atoms with Gasteiger partial charge in [0.15, 0.2) is 0 Å². The molecule has 0 bridgehead atoms. The van der Waals surface area contributed by atoms with Crippen LogP contribution in [0.25, 0.3) is 22.3 Å². The zero-order valence-corrected chi connectivity index (χ0v) is 16.3. The third kappa shape index (κ3) is 3.45.